The lowest BCUT2D eigenvalue weighted by atomic mass is 9.83. The van der Waals surface area contributed by atoms with Gasteiger partial charge < -0.3 is 19.4 Å². The Morgan fingerprint density at radius 3 is 2.16 bits per heavy atom. The summed E-state index contributed by atoms with van der Waals surface area (Å²) in [5, 5.41) is 0. The second kappa shape index (κ2) is 9.03. The van der Waals surface area contributed by atoms with Crippen LogP contribution in [0.25, 0.3) is 0 Å². The molecule has 0 unspecified atom stereocenters. The fraction of sp³-hybridized carbons (Fsp3) is 0.542. The number of anilines is 1. The first-order chi connectivity index (χ1) is 15.3. The zero-order valence-electron chi connectivity index (χ0n) is 19.2. The lowest BCUT2D eigenvalue weighted by molar-refractivity contribution is -0.155. The van der Waals surface area contributed by atoms with Crippen molar-refractivity contribution in [3.8, 4) is 0 Å². The van der Waals surface area contributed by atoms with E-state index < -0.39 is 11.8 Å². The van der Waals surface area contributed by atoms with Gasteiger partial charge in [0, 0.05) is 69.2 Å². The van der Waals surface area contributed by atoms with E-state index in [4.69, 9.17) is 4.74 Å². The summed E-state index contributed by atoms with van der Waals surface area (Å²) >= 11 is 0. The molecule has 3 aliphatic heterocycles. The molecule has 0 aliphatic carbocycles. The summed E-state index contributed by atoms with van der Waals surface area (Å²) in [4.78, 5) is 45.2. The van der Waals surface area contributed by atoms with Crippen LogP contribution in [0.1, 0.15) is 19.4 Å². The van der Waals surface area contributed by atoms with Gasteiger partial charge in [-0.05, 0) is 11.6 Å². The zero-order valence-corrected chi connectivity index (χ0v) is 19.2. The number of para-hydroxylation sites is 1. The van der Waals surface area contributed by atoms with Crippen molar-refractivity contribution in [1.29, 1.82) is 0 Å². The summed E-state index contributed by atoms with van der Waals surface area (Å²) in [5.74, 6) is -0.849. The van der Waals surface area contributed by atoms with Crippen molar-refractivity contribution >= 4 is 23.3 Å². The summed E-state index contributed by atoms with van der Waals surface area (Å²) < 4.78 is 5.25. The molecule has 3 heterocycles. The van der Waals surface area contributed by atoms with Crippen LogP contribution in [0.2, 0.25) is 0 Å². The van der Waals surface area contributed by atoms with Gasteiger partial charge in [0.05, 0.1) is 19.8 Å². The van der Waals surface area contributed by atoms with E-state index in [0.717, 1.165) is 11.4 Å². The van der Waals surface area contributed by atoms with Crippen molar-refractivity contribution in [3.63, 3.8) is 0 Å². The summed E-state index contributed by atoms with van der Waals surface area (Å²) in [5.41, 5.74) is 3.12. The van der Waals surface area contributed by atoms with Gasteiger partial charge in [-0.2, -0.15) is 0 Å². The van der Waals surface area contributed by atoms with E-state index in [0.29, 0.717) is 59.0 Å². The van der Waals surface area contributed by atoms with Crippen molar-refractivity contribution in [2.75, 3.05) is 71.0 Å². The third-order valence-electron chi connectivity index (χ3n) is 6.76. The molecule has 1 aromatic carbocycles. The average molecular weight is 441 g/mol. The van der Waals surface area contributed by atoms with Gasteiger partial charge in [-0.1, -0.05) is 32.0 Å². The number of ether oxygens (including phenoxy) is 1. The van der Waals surface area contributed by atoms with Gasteiger partial charge in [0.25, 0.3) is 0 Å². The molecule has 4 rings (SSSR count). The van der Waals surface area contributed by atoms with Gasteiger partial charge in [-0.3, -0.25) is 19.3 Å². The molecule has 8 heteroatoms. The molecule has 0 N–H and O–H groups in total. The molecule has 0 radical (unpaired) electrons. The Kier molecular flexibility index (Phi) is 6.35. The number of carbonyl (C=O) groups is 3. The first-order valence-electron chi connectivity index (χ1n) is 11.3. The number of hydrogen-bond acceptors (Lipinski definition) is 6. The number of benzene rings is 1. The minimum absolute atomic E-state index is 0.0527. The fourth-order valence-electron chi connectivity index (χ4n) is 4.82. The third-order valence-corrected chi connectivity index (χ3v) is 6.76. The number of fused-ring (bicyclic) bond motifs is 1. The van der Waals surface area contributed by atoms with Crippen LogP contribution in [0.15, 0.2) is 36.0 Å². The highest BCUT2D eigenvalue weighted by atomic mass is 16.5. The van der Waals surface area contributed by atoms with E-state index >= 15 is 0 Å². The second-order valence-electron chi connectivity index (χ2n) is 9.17. The Balaban J connectivity index is 1.32. The minimum Gasteiger partial charge on any atom is -0.378 e. The monoisotopic (exact) mass is 440 g/mol. The fourth-order valence-corrected chi connectivity index (χ4v) is 4.82. The van der Waals surface area contributed by atoms with Gasteiger partial charge in [-0.25, -0.2) is 0 Å². The van der Waals surface area contributed by atoms with E-state index in [-0.39, 0.29) is 11.2 Å². The van der Waals surface area contributed by atoms with E-state index in [1.54, 1.807) is 15.9 Å². The Hall–Kier alpha value is -2.71. The molecule has 172 valence electrons. The minimum atomic E-state index is -0.452. The molecule has 1 aromatic rings. The summed E-state index contributed by atoms with van der Waals surface area (Å²) in [7, 11) is 2.00. The van der Waals surface area contributed by atoms with Crippen LogP contribution < -0.4 is 4.90 Å². The summed E-state index contributed by atoms with van der Waals surface area (Å²) in [6.45, 7) is 8.53. The molecular formula is C24H32N4O4. The SMILES string of the molecule is CN1C(=CC(=O)CN2CCN(C(=O)C(=O)N3CCOCC3)CC2)C(C)(C)c2ccccc21. The zero-order chi connectivity index (χ0) is 22.9. The van der Waals surface area contributed by atoms with E-state index in [1.807, 2.05) is 19.2 Å². The van der Waals surface area contributed by atoms with Crippen molar-refractivity contribution in [2.24, 2.45) is 0 Å². The summed E-state index contributed by atoms with van der Waals surface area (Å²) in [6.07, 6.45) is 1.76. The number of allylic oxidation sites excluding steroid dienone is 1. The van der Waals surface area contributed by atoms with Crippen molar-refractivity contribution in [3.05, 3.63) is 41.6 Å². The van der Waals surface area contributed by atoms with Crippen LogP contribution in [-0.2, 0) is 24.5 Å². The highest BCUT2D eigenvalue weighted by molar-refractivity contribution is 6.34. The average Bonchev–Trinajstić information content (AvgIpc) is 3.00. The molecule has 0 atom stereocenters. The number of amides is 2. The van der Waals surface area contributed by atoms with Gasteiger partial charge in [0.15, 0.2) is 5.78 Å². The van der Waals surface area contributed by atoms with Gasteiger partial charge in [0.1, 0.15) is 0 Å². The van der Waals surface area contributed by atoms with Crippen molar-refractivity contribution in [2.45, 2.75) is 19.3 Å². The molecule has 0 saturated carbocycles. The predicted octanol–water partition coefficient (Wildman–Crippen LogP) is 0.870. The van der Waals surface area contributed by atoms with Crippen LogP contribution in [0.3, 0.4) is 0 Å². The number of hydrogen-bond donors (Lipinski definition) is 0. The van der Waals surface area contributed by atoms with Gasteiger partial charge >= 0.3 is 11.8 Å². The lowest BCUT2D eigenvalue weighted by Crippen LogP contribution is -2.55. The molecule has 32 heavy (non-hydrogen) atoms. The maximum atomic E-state index is 12.9. The van der Waals surface area contributed by atoms with Gasteiger partial charge in [-0.15, -0.1) is 0 Å². The Labute approximate surface area is 189 Å². The lowest BCUT2D eigenvalue weighted by Gasteiger charge is -2.35. The largest absolute Gasteiger partial charge is 0.378 e. The smallest absolute Gasteiger partial charge is 0.312 e. The Morgan fingerprint density at radius 2 is 1.53 bits per heavy atom. The first kappa shape index (κ1) is 22.5. The number of carbonyl (C=O) groups excluding carboxylic acids is 3. The molecule has 0 aromatic heterocycles. The Bertz CT molecular complexity index is 928. The number of likely N-dealkylation sites (N-methyl/N-ethyl adjacent to an activating group) is 1. The maximum Gasteiger partial charge on any atom is 0.312 e. The van der Waals surface area contributed by atoms with Crippen molar-refractivity contribution in [1.82, 2.24) is 14.7 Å². The quantitative estimate of drug-likeness (QED) is 0.513. The molecular weight excluding hydrogens is 408 g/mol. The first-order valence-corrected chi connectivity index (χ1v) is 11.3. The number of morpholine rings is 1. The van der Waals surface area contributed by atoms with Crippen LogP contribution >= 0.6 is 0 Å². The third kappa shape index (κ3) is 4.29. The molecule has 0 bridgehead atoms. The standard InChI is InChI=1S/C24H32N4O4/c1-24(2)19-6-4-5-7-20(19)25(3)21(24)16-18(29)17-26-8-10-27(11-9-26)22(30)23(31)28-12-14-32-15-13-28/h4-7,16H,8-15,17H2,1-3H3. The Morgan fingerprint density at radius 1 is 0.938 bits per heavy atom. The molecule has 2 saturated heterocycles. The van der Waals surface area contributed by atoms with E-state index in [1.165, 1.54) is 5.56 Å². The van der Waals surface area contributed by atoms with Crippen LogP contribution in [-0.4, -0.2) is 98.4 Å². The van der Waals surface area contributed by atoms with Crippen LogP contribution in [0, 0.1) is 0 Å². The topological polar surface area (TPSA) is 73.4 Å². The predicted molar refractivity (Wildman–Crippen MR) is 121 cm³/mol. The van der Waals surface area contributed by atoms with Crippen LogP contribution in [0.4, 0.5) is 5.69 Å². The van der Waals surface area contributed by atoms with Gasteiger partial charge in [0.2, 0.25) is 0 Å². The molecule has 3 aliphatic rings. The highest BCUT2D eigenvalue weighted by Gasteiger charge is 2.38. The number of ketones is 1. The van der Waals surface area contributed by atoms with E-state index in [2.05, 4.69) is 35.8 Å². The highest BCUT2D eigenvalue weighted by Crippen LogP contribution is 2.46. The number of rotatable bonds is 3. The number of piperazine rings is 1. The summed E-state index contributed by atoms with van der Waals surface area (Å²) in [6, 6.07) is 8.24. The van der Waals surface area contributed by atoms with Crippen molar-refractivity contribution < 1.29 is 19.1 Å². The molecule has 0 spiro atoms. The molecule has 8 nitrogen and oxygen atoms in total. The second-order valence-corrected chi connectivity index (χ2v) is 9.17. The van der Waals surface area contributed by atoms with Crippen LogP contribution in [0.5, 0.6) is 0 Å². The molecule has 2 fully saturated rings. The van der Waals surface area contributed by atoms with E-state index in [9.17, 15) is 14.4 Å². The molecule has 2 amide bonds. The number of nitrogens with zero attached hydrogens (tertiary/aromatic N) is 4. The normalized spacial score (nSPS) is 22.2. The maximum absolute atomic E-state index is 12.9.